The molecule has 0 aromatic carbocycles. The van der Waals surface area contributed by atoms with Crippen molar-refractivity contribution >= 4 is 11.9 Å². The van der Waals surface area contributed by atoms with Crippen LogP contribution in [0, 0.1) is 0 Å². The van der Waals surface area contributed by atoms with E-state index in [1.807, 2.05) is 6.92 Å². The van der Waals surface area contributed by atoms with Gasteiger partial charge in [-0.1, -0.05) is 0 Å². The Hall–Kier alpha value is -1.22. The summed E-state index contributed by atoms with van der Waals surface area (Å²) in [4.78, 5) is 24.9. The fraction of sp³-hybridized carbons (Fsp3) is 0.857. The molecule has 1 aliphatic heterocycles. The van der Waals surface area contributed by atoms with Crippen molar-refractivity contribution < 1.29 is 33.6 Å². The zero-order valence-electron chi connectivity index (χ0n) is 13.6. The third kappa shape index (κ3) is 4.39. The van der Waals surface area contributed by atoms with Gasteiger partial charge in [-0.15, -0.1) is 0 Å². The van der Waals surface area contributed by atoms with E-state index >= 15 is 0 Å². The highest BCUT2D eigenvalue weighted by Gasteiger charge is 2.43. The molecular formula is C14H25NO7. The maximum absolute atomic E-state index is 11.8. The van der Waals surface area contributed by atoms with Crippen LogP contribution in [0.1, 0.15) is 13.3 Å². The molecule has 1 rings (SSSR count). The molecule has 1 fully saturated rings. The summed E-state index contributed by atoms with van der Waals surface area (Å²) >= 11 is 0. The molecule has 22 heavy (non-hydrogen) atoms. The van der Waals surface area contributed by atoms with Gasteiger partial charge >= 0.3 is 11.9 Å². The minimum absolute atomic E-state index is 0.133. The fourth-order valence-electron chi connectivity index (χ4n) is 2.61. The Kier molecular flexibility index (Phi) is 7.21. The molecule has 8 heteroatoms. The Morgan fingerprint density at radius 2 is 1.91 bits per heavy atom. The van der Waals surface area contributed by atoms with Gasteiger partial charge in [0.25, 0.3) is 0 Å². The first-order chi connectivity index (χ1) is 10.3. The third-order valence-corrected chi connectivity index (χ3v) is 3.90. The van der Waals surface area contributed by atoms with Crippen molar-refractivity contribution in [3.8, 4) is 0 Å². The van der Waals surface area contributed by atoms with Gasteiger partial charge in [0.05, 0.1) is 32.8 Å². The molecule has 0 saturated carbocycles. The van der Waals surface area contributed by atoms with Crippen LogP contribution in [-0.4, -0.2) is 87.3 Å². The third-order valence-electron chi connectivity index (χ3n) is 3.90. The first kappa shape index (κ1) is 18.8. The summed E-state index contributed by atoms with van der Waals surface area (Å²) in [5, 5.41) is 10.2. The largest absolute Gasteiger partial charge is 0.469 e. The van der Waals surface area contributed by atoms with Gasteiger partial charge in [0.1, 0.15) is 18.2 Å². The zero-order valence-corrected chi connectivity index (χ0v) is 13.6. The van der Waals surface area contributed by atoms with Crippen LogP contribution in [0.15, 0.2) is 0 Å². The Morgan fingerprint density at radius 3 is 2.36 bits per heavy atom. The molecule has 1 aliphatic rings. The number of aliphatic hydroxyl groups excluding tert-OH is 1. The van der Waals surface area contributed by atoms with E-state index in [-0.39, 0.29) is 19.1 Å². The topological polar surface area (TPSA) is 94.5 Å². The molecule has 8 nitrogen and oxygen atoms in total. The van der Waals surface area contributed by atoms with Crippen LogP contribution in [0.4, 0.5) is 0 Å². The molecule has 1 heterocycles. The molecular weight excluding hydrogens is 294 g/mol. The molecule has 5 atom stereocenters. The molecule has 0 bridgehead atoms. The highest BCUT2D eigenvalue weighted by atomic mass is 16.6. The number of likely N-dealkylation sites (N-methyl/N-ethyl adjacent to an activating group) is 1. The molecule has 1 N–H and O–H groups in total. The highest BCUT2D eigenvalue weighted by Crippen LogP contribution is 2.24. The summed E-state index contributed by atoms with van der Waals surface area (Å²) in [6, 6.07) is -0.801. The average Bonchev–Trinajstić information content (AvgIpc) is 2.77. The van der Waals surface area contributed by atoms with E-state index in [4.69, 9.17) is 14.2 Å². The molecule has 0 amide bonds. The maximum Gasteiger partial charge on any atom is 0.323 e. The minimum atomic E-state index is -0.807. The van der Waals surface area contributed by atoms with Gasteiger partial charge in [0.15, 0.2) is 0 Å². The molecule has 0 aromatic heterocycles. The molecule has 128 valence electrons. The quantitative estimate of drug-likeness (QED) is 0.609. The summed E-state index contributed by atoms with van der Waals surface area (Å²) in [5.41, 5.74) is 0. The molecule has 0 spiro atoms. The predicted molar refractivity (Wildman–Crippen MR) is 76.2 cm³/mol. The van der Waals surface area contributed by atoms with E-state index in [0.717, 1.165) is 0 Å². The van der Waals surface area contributed by atoms with Crippen LogP contribution in [-0.2, 0) is 28.5 Å². The molecule has 0 aromatic rings. The number of rotatable bonds is 7. The number of carbonyl (C=O) groups excluding carboxylic acids is 2. The van der Waals surface area contributed by atoms with Crippen LogP contribution < -0.4 is 0 Å². The molecule has 0 aliphatic carbocycles. The van der Waals surface area contributed by atoms with Crippen molar-refractivity contribution in [1.29, 1.82) is 0 Å². The van der Waals surface area contributed by atoms with Crippen LogP contribution in [0.5, 0.6) is 0 Å². The summed E-state index contributed by atoms with van der Waals surface area (Å²) in [6.07, 6.45) is -2.13. The molecule has 1 saturated heterocycles. The monoisotopic (exact) mass is 319 g/mol. The van der Waals surface area contributed by atoms with Crippen molar-refractivity contribution in [2.45, 2.75) is 43.8 Å². The number of hydrogen-bond donors (Lipinski definition) is 1. The van der Waals surface area contributed by atoms with Crippen LogP contribution in [0.25, 0.3) is 0 Å². The zero-order chi connectivity index (χ0) is 16.9. The van der Waals surface area contributed by atoms with E-state index in [9.17, 15) is 14.7 Å². The van der Waals surface area contributed by atoms with Gasteiger partial charge in [0, 0.05) is 13.7 Å². The smallest absolute Gasteiger partial charge is 0.323 e. The lowest BCUT2D eigenvalue weighted by atomic mass is 10.1. The first-order valence-corrected chi connectivity index (χ1v) is 7.06. The van der Waals surface area contributed by atoms with Crippen molar-refractivity contribution in [2.75, 3.05) is 34.9 Å². The maximum atomic E-state index is 11.8. The molecule has 0 radical (unpaired) electrons. The van der Waals surface area contributed by atoms with Gasteiger partial charge in [-0.05, 0) is 14.0 Å². The standard InChI is InChI=1S/C14H25NO7/c1-8-13(20-4)12(17)10(22-8)7-15(2)9(14(18)21-5)6-11(16)19-3/h8-10,12-13,17H,6-7H2,1-5H3/t8-,9?,10+,12?,13+/m0/s1. The van der Waals surface area contributed by atoms with Crippen LogP contribution >= 0.6 is 0 Å². The van der Waals surface area contributed by atoms with E-state index < -0.39 is 36.3 Å². The number of ether oxygens (including phenoxy) is 4. The van der Waals surface area contributed by atoms with Crippen LogP contribution in [0.3, 0.4) is 0 Å². The van der Waals surface area contributed by atoms with Gasteiger partial charge in [0.2, 0.25) is 0 Å². The number of aliphatic hydroxyl groups is 1. The number of methoxy groups -OCH3 is 3. The Labute approximate surface area is 130 Å². The number of esters is 2. The van der Waals surface area contributed by atoms with Gasteiger partial charge < -0.3 is 24.1 Å². The van der Waals surface area contributed by atoms with E-state index in [1.165, 1.54) is 21.3 Å². The van der Waals surface area contributed by atoms with Gasteiger partial charge in [-0.25, -0.2) is 0 Å². The number of hydrogen-bond acceptors (Lipinski definition) is 8. The van der Waals surface area contributed by atoms with Gasteiger partial charge in [-0.2, -0.15) is 0 Å². The lowest BCUT2D eigenvalue weighted by Gasteiger charge is -2.28. The summed E-state index contributed by atoms with van der Waals surface area (Å²) < 4.78 is 20.2. The Balaban J connectivity index is 2.72. The van der Waals surface area contributed by atoms with Crippen molar-refractivity contribution in [3.63, 3.8) is 0 Å². The Bertz CT molecular complexity index is 389. The normalized spacial score (nSPS) is 29.4. The Morgan fingerprint density at radius 1 is 1.27 bits per heavy atom. The summed E-state index contributed by atoms with van der Waals surface area (Å²) in [6.45, 7) is 2.06. The lowest BCUT2D eigenvalue weighted by Crippen LogP contribution is -2.47. The summed E-state index contributed by atoms with van der Waals surface area (Å²) in [7, 11) is 5.68. The SMILES string of the molecule is COC(=O)CC(C(=O)OC)N(C)C[C@H]1O[C@@H](C)[C@@H](OC)C1O. The summed E-state index contributed by atoms with van der Waals surface area (Å²) in [5.74, 6) is -1.06. The average molecular weight is 319 g/mol. The van der Waals surface area contributed by atoms with Crippen LogP contribution in [0.2, 0.25) is 0 Å². The second-order valence-electron chi connectivity index (χ2n) is 5.33. The number of carbonyl (C=O) groups is 2. The second kappa shape index (κ2) is 8.42. The highest BCUT2D eigenvalue weighted by molar-refractivity contribution is 5.82. The van der Waals surface area contributed by atoms with E-state index in [0.29, 0.717) is 0 Å². The van der Waals surface area contributed by atoms with Crippen molar-refractivity contribution in [1.82, 2.24) is 4.90 Å². The van der Waals surface area contributed by atoms with E-state index in [2.05, 4.69) is 4.74 Å². The lowest BCUT2D eigenvalue weighted by molar-refractivity contribution is -0.153. The van der Waals surface area contributed by atoms with Gasteiger partial charge in [-0.3, -0.25) is 14.5 Å². The van der Waals surface area contributed by atoms with E-state index in [1.54, 1.807) is 11.9 Å². The predicted octanol–water partition coefficient (Wildman–Crippen LogP) is -0.814. The second-order valence-corrected chi connectivity index (χ2v) is 5.33. The molecule has 2 unspecified atom stereocenters. The van der Waals surface area contributed by atoms with Crippen molar-refractivity contribution in [3.05, 3.63) is 0 Å². The number of nitrogens with zero attached hydrogens (tertiary/aromatic N) is 1. The van der Waals surface area contributed by atoms with Crippen molar-refractivity contribution in [2.24, 2.45) is 0 Å². The fourth-order valence-corrected chi connectivity index (χ4v) is 2.61. The minimum Gasteiger partial charge on any atom is -0.469 e. The first-order valence-electron chi connectivity index (χ1n) is 7.06.